The molecule has 0 spiro atoms. The first-order valence-corrected chi connectivity index (χ1v) is 7.51. The average molecular weight is 289 g/mol. The fourth-order valence-electron chi connectivity index (χ4n) is 2.53. The van der Waals surface area contributed by atoms with Crippen molar-refractivity contribution in [3.8, 4) is 0 Å². The third kappa shape index (κ3) is 5.23. The van der Waals surface area contributed by atoms with E-state index in [4.69, 9.17) is 9.84 Å². The zero-order valence-corrected chi connectivity index (χ0v) is 12.3. The van der Waals surface area contributed by atoms with E-state index in [0.717, 1.165) is 37.9 Å². The minimum absolute atomic E-state index is 0.102. The number of piperidine rings is 1. The number of hydrogen-bond acceptors (Lipinski definition) is 3. The first kappa shape index (κ1) is 15.6. The molecule has 1 fully saturated rings. The molecule has 0 aliphatic carbocycles. The Labute approximate surface area is 126 Å². The van der Waals surface area contributed by atoms with Gasteiger partial charge in [-0.1, -0.05) is 42.5 Å². The summed E-state index contributed by atoms with van der Waals surface area (Å²) in [4.78, 5) is 13.8. The predicted octanol–water partition coefficient (Wildman–Crippen LogP) is 2.97. The molecular weight excluding hydrogens is 266 g/mol. The van der Waals surface area contributed by atoms with Crippen LogP contribution in [0.15, 0.2) is 42.5 Å². The third-order valence-corrected chi connectivity index (χ3v) is 3.82. The summed E-state index contributed by atoms with van der Waals surface area (Å²) in [5.41, 5.74) is 1.01. The number of hydrogen-bond donors (Lipinski definition) is 1. The van der Waals surface area contributed by atoms with E-state index in [0.29, 0.717) is 12.5 Å². The first-order valence-electron chi connectivity index (χ1n) is 7.51. The lowest BCUT2D eigenvalue weighted by molar-refractivity contribution is 0.0825. The van der Waals surface area contributed by atoms with Gasteiger partial charge in [0.25, 0.3) is 0 Å². The van der Waals surface area contributed by atoms with Crippen LogP contribution in [0.25, 0.3) is 0 Å². The molecule has 0 unspecified atom stereocenters. The van der Waals surface area contributed by atoms with E-state index in [9.17, 15) is 4.79 Å². The Hall–Kier alpha value is -1.81. The number of carbonyl (C=O) groups excluding carboxylic acids is 1. The highest BCUT2D eigenvalue weighted by Gasteiger charge is 2.22. The average Bonchev–Trinajstić information content (AvgIpc) is 2.54. The van der Waals surface area contributed by atoms with Crippen LogP contribution in [0.4, 0.5) is 4.79 Å². The van der Waals surface area contributed by atoms with E-state index in [1.807, 2.05) is 36.4 Å². The quantitative estimate of drug-likeness (QED) is 0.848. The van der Waals surface area contributed by atoms with Crippen molar-refractivity contribution in [3.05, 3.63) is 48.0 Å². The molecule has 1 aromatic rings. The number of allylic oxidation sites excluding steroid dienone is 1. The van der Waals surface area contributed by atoms with Gasteiger partial charge in [0.1, 0.15) is 6.61 Å². The molecule has 1 saturated heterocycles. The van der Waals surface area contributed by atoms with Crippen LogP contribution in [0, 0.1) is 5.92 Å². The van der Waals surface area contributed by atoms with Crippen molar-refractivity contribution in [2.45, 2.75) is 25.9 Å². The van der Waals surface area contributed by atoms with Gasteiger partial charge in [-0.05, 0) is 30.7 Å². The van der Waals surface area contributed by atoms with E-state index in [1.165, 1.54) is 0 Å². The second kappa shape index (κ2) is 8.47. The summed E-state index contributed by atoms with van der Waals surface area (Å²) < 4.78 is 5.34. The normalized spacial score (nSPS) is 16.3. The molecule has 114 valence electrons. The zero-order chi connectivity index (χ0) is 14.9. The van der Waals surface area contributed by atoms with Crippen LogP contribution < -0.4 is 0 Å². The van der Waals surface area contributed by atoms with Gasteiger partial charge in [-0.2, -0.15) is 0 Å². The molecule has 1 heterocycles. The van der Waals surface area contributed by atoms with Crippen LogP contribution in [0.1, 0.15) is 24.8 Å². The van der Waals surface area contributed by atoms with Crippen LogP contribution in [0.3, 0.4) is 0 Å². The summed E-state index contributed by atoms with van der Waals surface area (Å²) in [5, 5.41) is 8.71. The monoisotopic (exact) mass is 289 g/mol. The number of carbonyl (C=O) groups is 1. The molecule has 1 aliphatic heterocycles. The second-order valence-corrected chi connectivity index (χ2v) is 5.36. The molecule has 0 atom stereocenters. The van der Waals surface area contributed by atoms with Crippen LogP contribution in [-0.4, -0.2) is 35.8 Å². The van der Waals surface area contributed by atoms with Crippen LogP contribution in [-0.2, 0) is 11.3 Å². The van der Waals surface area contributed by atoms with Gasteiger partial charge in [0, 0.05) is 13.1 Å². The molecule has 4 heteroatoms. The largest absolute Gasteiger partial charge is 0.445 e. The van der Waals surface area contributed by atoms with Gasteiger partial charge in [-0.15, -0.1) is 0 Å². The van der Waals surface area contributed by atoms with Crippen molar-refractivity contribution in [1.29, 1.82) is 0 Å². The molecular formula is C17H23NO3. The van der Waals surface area contributed by atoms with E-state index in [2.05, 4.69) is 0 Å². The zero-order valence-electron chi connectivity index (χ0n) is 12.3. The Morgan fingerprint density at radius 1 is 1.24 bits per heavy atom. The van der Waals surface area contributed by atoms with E-state index in [1.54, 1.807) is 11.0 Å². The predicted molar refractivity (Wildman–Crippen MR) is 81.8 cm³/mol. The van der Waals surface area contributed by atoms with E-state index in [-0.39, 0.29) is 12.7 Å². The number of amides is 1. The minimum Gasteiger partial charge on any atom is -0.445 e. The number of ether oxygens (including phenoxy) is 1. The molecule has 0 radical (unpaired) electrons. The summed E-state index contributed by atoms with van der Waals surface area (Å²) in [5.74, 6) is 0.603. The SMILES string of the molecule is O=C(OCc1ccccc1)N1CCC(C/C=C/CO)CC1. The lowest BCUT2D eigenvalue weighted by Gasteiger charge is -2.30. The van der Waals surface area contributed by atoms with Crippen molar-refractivity contribution in [2.24, 2.45) is 5.92 Å². The van der Waals surface area contributed by atoms with Gasteiger partial charge in [0.2, 0.25) is 0 Å². The Bertz CT molecular complexity index is 450. The van der Waals surface area contributed by atoms with Crippen LogP contribution in [0.2, 0.25) is 0 Å². The summed E-state index contributed by atoms with van der Waals surface area (Å²) in [7, 11) is 0. The fourth-order valence-corrected chi connectivity index (χ4v) is 2.53. The topological polar surface area (TPSA) is 49.8 Å². The maximum absolute atomic E-state index is 12.0. The van der Waals surface area contributed by atoms with Gasteiger partial charge >= 0.3 is 6.09 Å². The third-order valence-electron chi connectivity index (χ3n) is 3.82. The van der Waals surface area contributed by atoms with Crippen molar-refractivity contribution in [1.82, 2.24) is 4.90 Å². The molecule has 1 aromatic carbocycles. The molecule has 0 aromatic heterocycles. The molecule has 21 heavy (non-hydrogen) atoms. The van der Waals surface area contributed by atoms with Gasteiger partial charge in [-0.25, -0.2) is 4.79 Å². The maximum atomic E-state index is 12.0. The van der Waals surface area contributed by atoms with E-state index < -0.39 is 0 Å². The summed E-state index contributed by atoms with van der Waals surface area (Å²) >= 11 is 0. The van der Waals surface area contributed by atoms with Gasteiger partial charge in [0.05, 0.1) is 6.61 Å². The standard InChI is InChI=1S/C17H23NO3/c19-13-5-4-6-15-9-11-18(12-10-15)17(20)21-14-16-7-2-1-3-8-16/h1-5,7-8,15,19H,6,9-14H2/b5-4+. The maximum Gasteiger partial charge on any atom is 0.410 e. The Morgan fingerprint density at radius 3 is 2.62 bits per heavy atom. The first-order chi connectivity index (χ1) is 10.3. The second-order valence-electron chi connectivity index (χ2n) is 5.36. The Balaban J connectivity index is 1.69. The molecule has 4 nitrogen and oxygen atoms in total. The fraction of sp³-hybridized carbons (Fsp3) is 0.471. The number of likely N-dealkylation sites (tertiary alicyclic amines) is 1. The summed E-state index contributed by atoms with van der Waals surface area (Å²) in [6.45, 7) is 1.94. The number of rotatable bonds is 5. The number of aliphatic hydroxyl groups is 1. The molecule has 0 saturated carbocycles. The smallest absolute Gasteiger partial charge is 0.410 e. The minimum atomic E-state index is -0.219. The number of nitrogens with zero attached hydrogens (tertiary/aromatic N) is 1. The van der Waals surface area contributed by atoms with Gasteiger partial charge < -0.3 is 14.7 Å². The number of aliphatic hydroxyl groups excluding tert-OH is 1. The van der Waals surface area contributed by atoms with Crippen molar-refractivity contribution in [2.75, 3.05) is 19.7 Å². The van der Waals surface area contributed by atoms with Crippen molar-refractivity contribution in [3.63, 3.8) is 0 Å². The molecule has 0 bridgehead atoms. The number of benzene rings is 1. The lowest BCUT2D eigenvalue weighted by Crippen LogP contribution is -2.38. The molecule has 1 N–H and O–H groups in total. The van der Waals surface area contributed by atoms with Crippen LogP contribution in [0.5, 0.6) is 0 Å². The summed E-state index contributed by atoms with van der Waals surface area (Å²) in [6.07, 6.45) is 6.55. The van der Waals surface area contributed by atoms with Crippen molar-refractivity contribution >= 4 is 6.09 Å². The summed E-state index contributed by atoms with van der Waals surface area (Å²) in [6, 6.07) is 9.73. The molecule has 1 amide bonds. The lowest BCUT2D eigenvalue weighted by atomic mass is 9.93. The molecule has 1 aliphatic rings. The Morgan fingerprint density at radius 2 is 1.95 bits per heavy atom. The van der Waals surface area contributed by atoms with E-state index >= 15 is 0 Å². The Kier molecular flexibility index (Phi) is 6.28. The van der Waals surface area contributed by atoms with Gasteiger partial charge in [0.15, 0.2) is 0 Å². The highest BCUT2D eigenvalue weighted by Crippen LogP contribution is 2.21. The van der Waals surface area contributed by atoms with Gasteiger partial charge in [-0.3, -0.25) is 0 Å². The highest BCUT2D eigenvalue weighted by atomic mass is 16.6. The van der Waals surface area contributed by atoms with Crippen LogP contribution >= 0.6 is 0 Å². The highest BCUT2D eigenvalue weighted by molar-refractivity contribution is 5.67. The van der Waals surface area contributed by atoms with Crippen molar-refractivity contribution < 1.29 is 14.6 Å². The molecule has 2 rings (SSSR count).